The Labute approximate surface area is 135 Å². The number of carbonyl (C=O) groups excluding carboxylic acids is 1. The zero-order chi connectivity index (χ0) is 16.7. The van der Waals surface area contributed by atoms with Crippen molar-refractivity contribution < 1.29 is 13.9 Å². The van der Waals surface area contributed by atoms with E-state index in [0.717, 1.165) is 11.3 Å². The van der Waals surface area contributed by atoms with Crippen LogP contribution < -0.4 is 10.1 Å². The van der Waals surface area contributed by atoms with E-state index in [0.29, 0.717) is 18.7 Å². The van der Waals surface area contributed by atoms with Crippen molar-refractivity contribution >= 4 is 5.91 Å². The molecule has 2 rings (SSSR count). The Balaban J connectivity index is 1.78. The van der Waals surface area contributed by atoms with Crippen molar-refractivity contribution in [3.63, 3.8) is 0 Å². The summed E-state index contributed by atoms with van der Waals surface area (Å²) in [7, 11) is 3.40. The molecule has 0 fully saturated rings. The number of rotatable bonds is 7. The lowest BCUT2D eigenvalue weighted by molar-refractivity contribution is -0.122. The molecule has 4 nitrogen and oxygen atoms in total. The molecule has 0 bridgehead atoms. The second kappa shape index (κ2) is 8.29. The Hall–Kier alpha value is -2.40. The van der Waals surface area contributed by atoms with Gasteiger partial charge in [-0.25, -0.2) is 4.39 Å². The third-order valence-electron chi connectivity index (χ3n) is 3.46. The van der Waals surface area contributed by atoms with E-state index < -0.39 is 0 Å². The van der Waals surface area contributed by atoms with Crippen LogP contribution in [0.4, 0.5) is 4.39 Å². The first-order chi connectivity index (χ1) is 11.1. The van der Waals surface area contributed by atoms with E-state index in [1.807, 2.05) is 24.3 Å². The van der Waals surface area contributed by atoms with Gasteiger partial charge in [-0.05, 0) is 30.8 Å². The third-order valence-corrected chi connectivity index (χ3v) is 3.46. The number of nitrogens with one attached hydrogen (secondary N) is 1. The number of amides is 1. The number of halogens is 1. The van der Waals surface area contributed by atoms with E-state index in [4.69, 9.17) is 4.74 Å². The van der Waals surface area contributed by atoms with Gasteiger partial charge in [0.05, 0.1) is 13.7 Å². The van der Waals surface area contributed by atoms with Crippen LogP contribution in [0.5, 0.6) is 5.75 Å². The lowest BCUT2D eigenvalue weighted by Crippen LogP contribution is -2.34. The molecule has 0 radical (unpaired) electrons. The Morgan fingerprint density at radius 3 is 2.52 bits per heavy atom. The molecule has 0 saturated heterocycles. The van der Waals surface area contributed by atoms with Crippen LogP contribution in [0.2, 0.25) is 0 Å². The van der Waals surface area contributed by atoms with Gasteiger partial charge in [-0.15, -0.1) is 0 Å². The van der Waals surface area contributed by atoms with E-state index in [1.54, 1.807) is 37.3 Å². The van der Waals surface area contributed by atoms with Gasteiger partial charge in [-0.2, -0.15) is 0 Å². The van der Waals surface area contributed by atoms with Crippen molar-refractivity contribution in [3.05, 3.63) is 65.5 Å². The summed E-state index contributed by atoms with van der Waals surface area (Å²) in [6, 6.07) is 14.1. The number of nitrogens with zero attached hydrogens (tertiary/aromatic N) is 1. The van der Waals surface area contributed by atoms with Crippen molar-refractivity contribution in [2.24, 2.45) is 0 Å². The molecule has 0 atom stereocenters. The average molecular weight is 316 g/mol. The maximum absolute atomic E-state index is 13.6. The molecule has 5 heteroatoms. The minimum Gasteiger partial charge on any atom is -0.497 e. The normalized spacial score (nSPS) is 10.6. The van der Waals surface area contributed by atoms with Gasteiger partial charge in [0.25, 0.3) is 0 Å². The predicted octanol–water partition coefficient (Wildman–Crippen LogP) is 2.58. The quantitative estimate of drug-likeness (QED) is 0.854. The summed E-state index contributed by atoms with van der Waals surface area (Å²) in [4.78, 5) is 13.7. The van der Waals surface area contributed by atoms with Crippen LogP contribution in [0.25, 0.3) is 0 Å². The first-order valence-corrected chi connectivity index (χ1v) is 7.40. The van der Waals surface area contributed by atoms with Gasteiger partial charge in [0.2, 0.25) is 5.91 Å². The second-order valence-electron chi connectivity index (χ2n) is 5.39. The molecule has 0 unspecified atom stereocenters. The minimum atomic E-state index is -0.252. The number of ether oxygens (including phenoxy) is 1. The van der Waals surface area contributed by atoms with Crippen LogP contribution in [0.1, 0.15) is 11.1 Å². The van der Waals surface area contributed by atoms with Crippen molar-refractivity contribution in [3.8, 4) is 5.75 Å². The molecule has 0 aliphatic heterocycles. The first-order valence-electron chi connectivity index (χ1n) is 7.40. The molecule has 0 spiro atoms. The van der Waals surface area contributed by atoms with Crippen molar-refractivity contribution in [1.29, 1.82) is 0 Å². The lowest BCUT2D eigenvalue weighted by atomic mass is 10.2. The highest BCUT2D eigenvalue weighted by Gasteiger charge is 2.09. The monoisotopic (exact) mass is 316 g/mol. The number of likely N-dealkylation sites (N-methyl/N-ethyl adjacent to an activating group) is 1. The molecule has 122 valence electrons. The number of carbonyl (C=O) groups is 1. The Bertz CT molecular complexity index is 644. The molecule has 2 aromatic rings. The molecule has 0 saturated carbocycles. The van der Waals surface area contributed by atoms with E-state index in [9.17, 15) is 9.18 Å². The molecule has 0 heterocycles. The highest BCUT2D eigenvalue weighted by molar-refractivity contribution is 5.77. The fraction of sp³-hybridized carbons (Fsp3) is 0.278. The predicted molar refractivity (Wildman–Crippen MR) is 87.6 cm³/mol. The Morgan fingerprint density at radius 1 is 1.17 bits per heavy atom. The van der Waals surface area contributed by atoms with Gasteiger partial charge in [0, 0.05) is 18.7 Å². The SMILES string of the molecule is COc1ccc(CNC(=O)CN(C)Cc2ccccc2F)cc1. The van der Waals surface area contributed by atoms with Crippen LogP contribution >= 0.6 is 0 Å². The van der Waals surface area contributed by atoms with Crippen LogP contribution in [0, 0.1) is 5.82 Å². The van der Waals surface area contributed by atoms with Crippen LogP contribution in [0.3, 0.4) is 0 Å². The Morgan fingerprint density at radius 2 is 1.87 bits per heavy atom. The molecule has 2 aromatic carbocycles. The summed E-state index contributed by atoms with van der Waals surface area (Å²) < 4.78 is 18.7. The highest BCUT2D eigenvalue weighted by atomic mass is 19.1. The largest absolute Gasteiger partial charge is 0.497 e. The molecule has 0 aliphatic carbocycles. The lowest BCUT2D eigenvalue weighted by Gasteiger charge is -2.16. The van der Waals surface area contributed by atoms with Crippen LogP contribution in [-0.2, 0) is 17.9 Å². The fourth-order valence-electron chi connectivity index (χ4n) is 2.22. The number of hydrogen-bond donors (Lipinski definition) is 1. The van der Waals surface area contributed by atoms with E-state index in [2.05, 4.69) is 5.32 Å². The van der Waals surface area contributed by atoms with Gasteiger partial charge >= 0.3 is 0 Å². The van der Waals surface area contributed by atoms with Crippen LogP contribution in [-0.4, -0.2) is 31.5 Å². The van der Waals surface area contributed by atoms with Gasteiger partial charge in [-0.3, -0.25) is 9.69 Å². The zero-order valence-corrected chi connectivity index (χ0v) is 13.4. The first kappa shape index (κ1) is 17.0. The smallest absolute Gasteiger partial charge is 0.234 e. The topological polar surface area (TPSA) is 41.6 Å². The van der Waals surface area contributed by atoms with Crippen molar-refractivity contribution in [2.45, 2.75) is 13.1 Å². The standard InChI is InChI=1S/C18H21FN2O2/c1-21(12-15-5-3-4-6-17(15)19)13-18(22)20-11-14-7-9-16(23-2)10-8-14/h3-10H,11-13H2,1-2H3,(H,20,22). The third kappa shape index (κ3) is 5.38. The van der Waals surface area contributed by atoms with E-state index in [-0.39, 0.29) is 18.3 Å². The van der Waals surface area contributed by atoms with E-state index in [1.165, 1.54) is 6.07 Å². The summed E-state index contributed by atoms with van der Waals surface area (Å²) >= 11 is 0. The average Bonchev–Trinajstić information content (AvgIpc) is 2.55. The van der Waals surface area contributed by atoms with Crippen molar-refractivity contribution in [1.82, 2.24) is 10.2 Å². The summed E-state index contributed by atoms with van der Waals surface area (Å²) in [5.41, 5.74) is 1.58. The summed E-state index contributed by atoms with van der Waals surface area (Å²) in [5, 5.41) is 2.85. The van der Waals surface area contributed by atoms with Gasteiger partial charge in [0.15, 0.2) is 0 Å². The molecule has 0 aromatic heterocycles. The molecule has 1 amide bonds. The number of methoxy groups -OCH3 is 1. The Kier molecular flexibility index (Phi) is 6.11. The summed E-state index contributed by atoms with van der Waals surface area (Å²) in [6.07, 6.45) is 0. The maximum atomic E-state index is 13.6. The summed E-state index contributed by atoms with van der Waals surface area (Å²) in [6.45, 7) is 1.06. The van der Waals surface area contributed by atoms with Gasteiger partial charge in [0.1, 0.15) is 11.6 Å². The maximum Gasteiger partial charge on any atom is 0.234 e. The van der Waals surface area contributed by atoms with Gasteiger partial charge in [-0.1, -0.05) is 30.3 Å². The summed E-state index contributed by atoms with van der Waals surface area (Å²) in [5.74, 6) is 0.433. The fourth-order valence-corrected chi connectivity index (χ4v) is 2.22. The molecule has 0 aliphatic rings. The van der Waals surface area contributed by atoms with Gasteiger partial charge < -0.3 is 10.1 Å². The molecule has 1 N–H and O–H groups in total. The number of benzene rings is 2. The van der Waals surface area contributed by atoms with Crippen LogP contribution in [0.15, 0.2) is 48.5 Å². The molecular formula is C18H21FN2O2. The van der Waals surface area contributed by atoms with E-state index >= 15 is 0 Å². The highest BCUT2D eigenvalue weighted by Crippen LogP contribution is 2.11. The van der Waals surface area contributed by atoms with Crippen molar-refractivity contribution in [2.75, 3.05) is 20.7 Å². The molecular weight excluding hydrogens is 295 g/mol. The number of hydrogen-bond acceptors (Lipinski definition) is 3. The second-order valence-corrected chi connectivity index (χ2v) is 5.39. The molecule has 23 heavy (non-hydrogen) atoms. The zero-order valence-electron chi connectivity index (χ0n) is 13.4. The minimum absolute atomic E-state index is 0.0975.